The van der Waals surface area contributed by atoms with E-state index >= 15 is 0 Å². The van der Waals surface area contributed by atoms with E-state index in [0.29, 0.717) is 12.1 Å². The Kier molecular flexibility index (Phi) is 8.33. The molecule has 1 N–H and O–H groups in total. The van der Waals surface area contributed by atoms with Gasteiger partial charge in [-0.25, -0.2) is 9.59 Å². The van der Waals surface area contributed by atoms with Crippen molar-refractivity contribution in [2.24, 2.45) is 0 Å². The van der Waals surface area contributed by atoms with E-state index in [1.807, 2.05) is 42.5 Å². The van der Waals surface area contributed by atoms with Crippen LogP contribution in [0.1, 0.15) is 17.2 Å². The molecule has 0 aliphatic heterocycles. The summed E-state index contributed by atoms with van der Waals surface area (Å²) in [5.74, 6) is 0. The Morgan fingerprint density at radius 1 is 0.929 bits per heavy atom. The first-order chi connectivity index (χ1) is 13.6. The van der Waals surface area contributed by atoms with Gasteiger partial charge in [-0.2, -0.15) is 0 Å². The summed E-state index contributed by atoms with van der Waals surface area (Å²) in [4.78, 5) is 23.8. The van der Waals surface area contributed by atoms with Crippen molar-refractivity contribution in [3.63, 3.8) is 0 Å². The molecule has 1 amide bonds. The van der Waals surface area contributed by atoms with Crippen LogP contribution in [0.4, 0.5) is 15.3 Å². The fraction of sp³-hybridized carbons (Fsp3) is 0.182. The molecule has 0 radical (unpaired) electrons. The van der Waals surface area contributed by atoms with Crippen LogP contribution in [0.15, 0.2) is 79.9 Å². The lowest BCUT2D eigenvalue weighted by atomic mass is 10.00. The van der Waals surface area contributed by atoms with Crippen LogP contribution in [0.5, 0.6) is 0 Å². The minimum absolute atomic E-state index is 0.0631. The number of para-hydroxylation sites is 1. The van der Waals surface area contributed by atoms with Gasteiger partial charge in [0.1, 0.15) is 19.3 Å². The summed E-state index contributed by atoms with van der Waals surface area (Å²) in [7, 11) is 0. The van der Waals surface area contributed by atoms with E-state index in [0.717, 1.165) is 11.1 Å². The van der Waals surface area contributed by atoms with Crippen LogP contribution in [0, 0.1) is 0 Å². The number of hydrogen-bond donors (Lipinski definition) is 1. The first-order valence-electron chi connectivity index (χ1n) is 8.76. The molecule has 2 aromatic carbocycles. The number of rotatable bonds is 9. The van der Waals surface area contributed by atoms with Crippen LogP contribution < -0.4 is 5.32 Å². The average molecular weight is 381 g/mol. The number of ether oxygens (including phenoxy) is 3. The molecule has 0 spiro atoms. The van der Waals surface area contributed by atoms with Crippen LogP contribution in [0.25, 0.3) is 0 Å². The number of hydrogen-bond acceptors (Lipinski definition) is 5. The quantitative estimate of drug-likeness (QED) is 0.486. The second-order valence-electron chi connectivity index (χ2n) is 5.74. The molecule has 0 aliphatic carbocycles. The number of anilines is 1. The normalized spacial score (nSPS) is 11.0. The Bertz CT molecular complexity index is 804. The molecule has 0 heterocycles. The molecule has 1 unspecified atom stereocenters. The zero-order chi connectivity index (χ0) is 20.2. The van der Waals surface area contributed by atoms with E-state index in [9.17, 15) is 9.59 Å². The highest BCUT2D eigenvalue weighted by atomic mass is 16.7. The Labute approximate surface area is 164 Å². The molecule has 6 nitrogen and oxygen atoms in total. The van der Waals surface area contributed by atoms with Crippen LogP contribution in [0.2, 0.25) is 0 Å². The van der Waals surface area contributed by atoms with Crippen molar-refractivity contribution < 1.29 is 23.8 Å². The van der Waals surface area contributed by atoms with Gasteiger partial charge in [0.2, 0.25) is 0 Å². The van der Waals surface area contributed by atoms with Crippen LogP contribution >= 0.6 is 0 Å². The van der Waals surface area contributed by atoms with Gasteiger partial charge in [-0.15, -0.1) is 0 Å². The van der Waals surface area contributed by atoms with Gasteiger partial charge in [0, 0.05) is 12.1 Å². The van der Waals surface area contributed by atoms with Crippen molar-refractivity contribution in [1.29, 1.82) is 0 Å². The zero-order valence-electron chi connectivity index (χ0n) is 15.5. The van der Waals surface area contributed by atoms with Gasteiger partial charge >= 0.3 is 12.2 Å². The van der Waals surface area contributed by atoms with Crippen molar-refractivity contribution in [2.45, 2.75) is 12.5 Å². The number of benzene rings is 2. The van der Waals surface area contributed by atoms with Crippen LogP contribution in [-0.4, -0.2) is 25.5 Å². The second-order valence-corrected chi connectivity index (χ2v) is 5.74. The summed E-state index contributed by atoms with van der Waals surface area (Å²) < 4.78 is 15.4. The van der Waals surface area contributed by atoms with E-state index in [-0.39, 0.29) is 13.2 Å². The molecule has 28 heavy (non-hydrogen) atoms. The largest absolute Gasteiger partial charge is 0.509 e. The third kappa shape index (κ3) is 6.64. The third-order valence-corrected chi connectivity index (χ3v) is 3.72. The van der Waals surface area contributed by atoms with Crippen molar-refractivity contribution in [3.8, 4) is 0 Å². The Balaban J connectivity index is 2.19. The standard InChI is InChI=1S/C22H23NO5/c1-3-14-26-21(24)23-19-13-9-8-12-18(19)16-20(17-10-6-5-7-11-17)28-22(25)27-15-4-2/h3-13,20H,1-2,14-16H2,(H,23,24). The first kappa shape index (κ1) is 20.8. The molecule has 0 saturated carbocycles. The molecular formula is C22H23NO5. The number of nitrogens with one attached hydrogen (secondary N) is 1. The predicted octanol–water partition coefficient (Wildman–Crippen LogP) is 5.04. The van der Waals surface area contributed by atoms with Crippen molar-refractivity contribution in [3.05, 3.63) is 91.0 Å². The van der Waals surface area contributed by atoms with Crippen molar-refractivity contribution >= 4 is 17.9 Å². The summed E-state index contributed by atoms with van der Waals surface area (Å²) in [5, 5.41) is 2.70. The lowest BCUT2D eigenvalue weighted by Crippen LogP contribution is -2.18. The molecule has 0 aromatic heterocycles. The topological polar surface area (TPSA) is 73.9 Å². The van der Waals surface area contributed by atoms with Crippen LogP contribution in [0.3, 0.4) is 0 Å². The lowest BCUT2D eigenvalue weighted by Gasteiger charge is -2.20. The number of amides is 1. The maximum Gasteiger partial charge on any atom is 0.509 e. The summed E-state index contributed by atoms with van der Waals surface area (Å²) >= 11 is 0. The van der Waals surface area contributed by atoms with E-state index in [2.05, 4.69) is 18.5 Å². The molecule has 0 saturated heterocycles. The highest BCUT2D eigenvalue weighted by Crippen LogP contribution is 2.27. The van der Waals surface area contributed by atoms with Gasteiger partial charge in [0.25, 0.3) is 0 Å². The molecule has 146 valence electrons. The van der Waals surface area contributed by atoms with E-state index in [4.69, 9.17) is 14.2 Å². The Morgan fingerprint density at radius 2 is 1.57 bits per heavy atom. The second kappa shape index (κ2) is 11.2. The molecule has 2 aromatic rings. The Hall–Kier alpha value is -3.54. The first-order valence-corrected chi connectivity index (χ1v) is 8.76. The van der Waals surface area contributed by atoms with Gasteiger partial charge in [0.15, 0.2) is 0 Å². The van der Waals surface area contributed by atoms with E-state index < -0.39 is 18.4 Å². The van der Waals surface area contributed by atoms with Gasteiger partial charge in [0.05, 0.1) is 0 Å². The molecule has 6 heteroatoms. The van der Waals surface area contributed by atoms with E-state index in [1.54, 1.807) is 12.1 Å². The Morgan fingerprint density at radius 3 is 2.29 bits per heavy atom. The highest BCUT2D eigenvalue weighted by molar-refractivity contribution is 5.85. The fourth-order valence-electron chi connectivity index (χ4n) is 2.47. The lowest BCUT2D eigenvalue weighted by molar-refractivity contribution is 0.0290. The van der Waals surface area contributed by atoms with Crippen molar-refractivity contribution in [1.82, 2.24) is 0 Å². The van der Waals surface area contributed by atoms with Crippen molar-refractivity contribution in [2.75, 3.05) is 18.5 Å². The minimum atomic E-state index is -0.787. The summed E-state index contributed by atoms with van der Waals surface area (Å²) in [5.41, 5.74) is 2.16. The molecule has 2 rings (SSSR count). The van der Waals surface area contributed by atoms with Gasteiger partial charge in [-0.3, -0.25) is 5.32 Å². The summed E-state index contributed by atoms with van der Waals surface area (Å²) in [6.45, 7) is 7.19. The predicted molar refractivity (Wildman–Crippen MR) is 107 cm³/mol. The van der Waals surface area contributed by atoms with Gasteiger partial charge < -0.3 is 14.2 Å². The smallest absolute Gasteiger partial charge is 0.445 e. The fourth-order valence-corrected chi connectivity index (χ4v) is 2.47. The number of carbonyl (C=O) groups excluding carboxylic acids is 2. The highest BCUT2D eigenvalue weighted by Gasteiger charge is 2.20. The maximum atomic E-state index is 12.0. The molecule has 0 fully saturated rings. The van der Waals surface area contributed by atoms with Crippen LogP contribution in [-0.2, 0) is 20.6 Å². The summed E-state index contributed by atoms with van der Waals surface area (Å²) in [6.07, 6.45) is 1.32. The SMILES string of the molecule is C=CCOC(=O)Nc1ccccc1CC(OC(=O)OCC=C)c1ccccc1. The summed E-state index contributed by atoms with van der Waals surface area (Å²) in [6, 6.07) is 16.5. The molecule has 1 atom stereocenters. The third-order valence-electron chi connectivity index (χ3n) is 3.72. The molecule has 0 aliphatic rings. The average Bonchev–Trinajstić information content (AvgIpc) is 2.72. The van der Waals surface area contributed by atoms with Gasteiger partial charge in [-0.1, -0.05) is 73.8 Å². The number of carbonyl (C=O) groups is 2. The molecule has 0 bridgehead atoms. The monoisotopic (exact) mass is 381 g/mol. The maximum absolute atomic E-state index is 12.0. The zero-order valence-corrected chi connectivity index (χ0v) is 15.5. The van der Waals surface area contributed by atoms with Gasteiger partial charge in [-0.05, 0) is 17.2 Å². The van der Waals surface area contributed by atoms with E-state index in [1.165, 1.54) is 12.2 Å². The minimum Gasteiger partial charge on any atom is -0.445 e. The molecular weight excluding hydrogens is 358 g/mol.